The number of aryl methyl sites for hydroxylation is 2. The number of benzene rings is 1. The van der Waals surface area contributed by atoms with Crippen LogP contribution < -0.4 is 14.8 Å². The number of fused-ring (bicyclic) bond motifs is 3. The Morgan fingerprint density at radius 2 is 2.03 bits per heavy atom. The molecule has 198 valence electrons. The fraction of sp³-hybridized carbons (Fsp3) is 0.520. The highest BCUT2D eigenvalue weighted by molar-refractivity contribution is 7.89. The number of ether oxygens (including phenoxy) is 2. The molecule has 1 saturated carbocycles. The maximum atomic E-state index is 13.6. The number of likely N-dealkylation sites (tertiary alicyclic amines) is 1. The molecule has 4 aliphatic heterocycles. The third-order valence-corrected chi connectivity index (χ3v) is 9.52. The molecule has 2 amide bonds. The molecule has 3 saturated heterocycles. The summed E-state index contributed by atoms with van der Waals surface area (Å²) in [6.45, 7) is 3.11. The monoisotopic (exact) mass is 532 g/mol. The molecule has 37 heavy (non-hydrogen) atoms. The summed E-state index contributed by atoms with van der Waals surface area (Å²) in [4.78, 5) is 27.9. The summed E-state index contributed by atoms with van der Waals surface area (Å²) in [7, 11) is -2.50. The van der Waals surface area contributed by atoms with Crippen LogP contribution in [0.2, 0.25) is 0 Å². The Morgan fingerprint density at radius 1 is 1.24 bits per heavy atom. The molecule has 5 heterocycles. The van der Waals surface area contributed by atoms with Crippen LogP contribution in [0.3, 0.4) is 0 Å². The highest BCUT2D eigenvalue weighted by atomic mass is 32.2. The predicted molar refractivity (Wildman–Crippen MR) is 130 cm³/mol. The van der Waals surface area contributed by atoms with Crippen molar-refractivity contribution in [2.24, 2.45) is 18.9 Å². The number of nitrogens with zero attached hydrogens (tertiary/aromatic N) is 2. The molecule has 1 aromatic heterocycles. The Hall–Kier alpha value is -2.96. The van der Waals surface area contributed by atoms with Crippen molar-refractivity contribution in [1.29, 1.82) is 0 Å². The van der Waals surface area contributed by atoms with E-state index in [0.29, 0.717) is 36.7 Å². The highest BCUT2D eigenvalue weighted by Crippen LogP contribution is 2.49. The molecule has 2 bridgehead atoms. The van der Waals surface area contributed by atoms with Crippen LogP contribution in [0.15, 0.2) is 29.3 Å². The zero-order chi connectivity index (χ0) is 26.1. The number of aromatic nitrogens is 1. The number of anilines is 1. The van der Waals surface area contributed by atoms with Gasteiger partial charge in [0.2, 0.25) is 10.0 Å². The number of carbonyl (C=O) groups is 2. The fourth-order valence-corrected chi connectivity index (χ4v) is 7.45. The van der Waals surface area contributed by atoms with E-state index in [1.165, 1.54) is 29.0 Å². The first-order valence-corrected chi connectivity index (χ1v) is 13.9. The summed E-state index contributed by atoms with van der Waals surface area (Å²) in [6.07, 6.45) is 3.37. The topological polar surface area (TPSA) is 119 Å². The van der Waals surface area contributed by atoms with Gasteiger partial charge < -0.3 is 24.3 Å². The van der Waals surface area contributed by atoms with Gasteiger partial charge in [-0.2, -0.15) is 0 Å². The fourth-order valence-electron chi connectivity index (χ4n) is 5.96. The van der Waals surface area contributed by atoms with Crippen molar-refractivity contribution in [3.8, 4) is 5.75 Å². The maximum Gasteiger partial charge on any atom is 0.276 e. The van der Waals surface area contributed by atoms with Crippen molar-refractivity contribution in [2.45, 2.75) is 42.7 Å². The van der Waals surface area contributed by atoms with E-state index >= 15 is 0 Å². The molecule has 0 radical (unpaired) electrons. The van der Waals surface area contributed by atoms with Crippen molar-refractivity contribution in [3.63, 3.8) is 0 Å². The minimum absolute atomic E-state index is 0.0259. The molecule has 0 unspecified atom stereocenters. The van der Waals surface area contributed by atoms with Crippen molar-refractivity contribution >= 4 is 27.5 Å². The van der Waals surface area contributed by atoms with E-state index in [1.807, 2.05) is 0 Å². The second kappa shape index (κ2) is 8.53. The van der Waals surface area contributed by atoms with Crippen LogP contribution in [0.1, 0.15) is 35.3 Å². The Balaban J connectivity index is 1.24. The number of hydrogen-bond acceptors (Lipinski definition) is 6. The molecule has 4 fully saturated rings. The zero-order valence-electron chi connectivity index (χ0n) is 20.6. The molecule has 7 rings (SSSR count). The van der Waals surface area contributed by atoms with Crippen LogP contribution in [0.5, 0.6) is 5.75 Å². The Morgan fingerprint density at radius 3 is 2.73 bits per heavy atom. The van der Waals surface area contributed by atoms with Crippen LogP contribution in [0.4, 0.5) is 10.1 Å². The zero-order valence-corrected chi connectivity index (χ0v) is 21.4. The molecular formula is C25H29FN4O6S. The first-order chi connectivity index (χ1) is 17.6. The van der Waals surface area contributed by atoms with Gasteiger partial charge in [0.05, 0.1) is 13.2 Å². The van der Waals surface area contributed by atoms with Gasteiger partial charge in [-0.25, -0.2) is 17.5 Å². The standard InChI is InChI=1S/C25H29FN4O6S/c1-14-7-17(3-4-18(14)26)27-23(31)21-22-20(11-29(21)2)37(33,34)28-19-10-30(6-5-16(19)13-35-22)24(32)25-8-15(9-25)12-36-25/h3-4,7,11,15-16,19,28H,5-6,8-10,12-13H2,1-2H3,(H,27,31)/t15?,16-,19-,25?/m1/s1. The van der Waals surface area contributed by atoms with E-state index in [2.05, 4.69) is 10.0 Å². The SMILES string of the molecule is Cc1cc(NC(=O)c2c3c(cn2C)S(=O)(=O)N[C@@H]2CN(C(=O)C45CC(CO4)C5)CC[C@@H]2CO3)ccc1F. The van der Waals surface area contributed by atoms with E-state index in [-0.39, 0.29) is 41.3 Å². The molecule has 10 nitrogen and oxygen atoms in total. The number of nitrogens with one attached hydrogen (secondary N) is 2. The van der Waals surface area contributed by atoms with Gasteiger partial charge in [0.15, 0.2) is 11.4 Å². The summed E-state index contributed by atoms with van der Waals surface area (Å²) >= 11 is 0. The number of sulfonamides is 1. The first-order valence-electron chi connectivity index (χ1n) is 12.4. The van der Waals surface area contributed by atoms with Crippen molar-refractivity contribution in [1.82, 2.24) is 14.2 Å². The quantitative estimate of drug-likeness (QED) is 0.622. The van der Waals surface area contributed by atoms with Gasteiger partial charge >= 0.3 is 0 Å². The lowest BCUT2D eigenvalue weighted by Gasteiger charge is -2.44. The summed E-state index contributed by atoms with van der Waals surface area (Å²) in [5, 5.41) is 2.70. The lowest BCUT2D eigenvalue weighted by Crippen LogP contribution is -2.60. The highest BCUT2D eigenvalue weighted by Gasteiger charge is 2.59. The summed E-state index contributed by atoms with van der Waals surface area (Å²) in [5.74, 6) is -0.780. The number of hydrogen-bond donors (Lipinski definition) is 2. The van der Waals surface area contributed by atoms with Gasteiger partial charge in [0, 0.05) is 44.0 Å². The van der Waals surface area contributed by atoms with E-state index in [1.54, 1.807) is 18.9 Å². The van der Waals surface area contributed by atoms with Gasteiger partial charge in [-0.15, -0.1) is 0 Å². The smallest absolute Gasteiger partial charge is 0.276 e. The maximum absolute atomic E-state index is 13.6. The van der Waals surface area contributed by atoms with Gasteiger partial charge in [0.25, 0.3) is 11.8 Å². The summed E-state index contributed by atoms with van der Waals surface area (Å²) in [5.41, 5.74) is 0.0682. The van der Waals surface area contributed by atoms with Crippen molar-refractivity contribution in [3.05, 3.63) is 41.5 Å². The normalized spacial score (nSPS) is 29.7. The van der Waals surface area contributed by atoms with Crippen LogP contribution in [0.25, 0.3) is 0 Å². The Bertz CT molecular complexity index is 1390. The lowest BCUT2D eigenvalue weighted by molar-refractivity contribution is -0.157. The second-order valence-electron chi connectivity index (χ2n) is 10.6. The number of rotatable bonds is 3. The van der Waals surface area contributed by atoms with E-state index in [9.17, 15) is 22.4 Å². The minimum Gasteiger partial charge on any atom is -0.489 e. The lowest BCUT2D eigenvalue weighted by atomic mass is 9.73. The van der Waals surface area contributed by atoms with E-state index in [4.69, 9.17) is 9.47 Å². The molecule has 2 atom stereocenters. The molecular weight excluding hydrogens is 503 g/mol. The third-order valence-electron chi connectivity index (χ3n) is 8.04. The first kappa shape index (κ1) is 24.4. The summed E-state index contributed by atoms with van der Waals surface area (Å²) < 4.78 is 56.5. The molecule has 12 heteroatoms. The van der Waals surface area contributed by atoms with Gasteiger partial charge in [-0.1, -0.05) is 0 Å². The third kappa shape index (κ3) is 4.02. The molecule has 0 spiro atoms. The van der Waals surface area contributed by atoms with Crippen molar-refractivity contribution in [2.75, 3.05) is 31.6 Å². The molecule has 1 aromatic carbocycles. The molecule has 1 aliphatic carbocycles. The molecule has 5 aliphatic rings. The Kier molecular flexibility index (Phi) is 5.62. The van der Waals surface area contributed by atoms with Gasteiger partial charge in [-0.3, -0.25) is 9.59 Å². The molecule has 2 N–H and O–H groups in total. The Labute approximate surface area is 214 Å². The average Bonchev–Trinajstić information content (AvgIpc) is 3.52. The molecule has 2 aromatic rings. The van der Waals surface area contributed by atoms with Crippen LogP contribution in [-0.2, 0) is 26.6 Å². The van der Waals surface area contributed by atoms with Crippen LogP contribution in [0, 0.1) is 24.6 Å². The number of carbonyl (C=O) groups excluding carboxylic acids is 2. The average molecular weight is 533 g/mol. The van der Waals surface area contributed by atoms with Crippen molar-refractivity contribution < 1.29 is 31.9 Å². The predicted octanol–water partition coefficient (Wildman–Crippen LogP) is 1.79. The van der Waals surface area contributed by atoms with Crippen LogP contribution >= 0.6 is 0 Å². The van der Waals surface area contributed by atoms with Gasteiger partial charge in [-0.05, 0) is 55.9 Å². The van der Waals surface area contributed by atoms with E-state index < -0.39 is 33.4 Å². The number of piperidine rings is 1. The second-order valence-corrected chi connectivity index (χ2v) is 12.3. The summed E-state index contributed by atoms with van der Waals surface area (Å²) in [6, 6.07) is 3.67. The largest absolute Gasteiger partial charge is 0.489 e. The van der Waals surface area contributed by atoms with Crippen LogP contribution in [-0.4, -0.2) is 67.6 Å². The minimum atomic E-state index is -4.06. The number of halogens is 1. The number of amides is 2. The van der Waals surface area contributed by atoms with E-state index in [0.717, 1.165) is 12.8 Å². The van der Waals surface area contributed by atoms with Gasteiger partial charge in [0.1, 0.15) is 16.3 Å².